The predicted molar refractivity (Wildman–Crippen MR) is 71.2 cm³/mol. The zero-order valence-electron chi connectivity index (χ0n) is 11.3. The lowest BCUT2D eigenvalue weighted by Crippen LogP contribution is -2.41. The zero-order valence-corrected chi connectivity index (χ0v) is 11.3. The van der Waals surface area contributed by atoms with Crippen LogP contribution in [-0.2, 0) is 9.53 Å². The van der Waals surface area contributed by atoms with Gasteiger partial charge in [-0.05, 0) is 32.3 Å². The van der Waals surface area contributed by atoms with Crippen LogP contribution in [0.1, 0.15) is 38.3 Å². The van der Waals surface area contributed by atoms with Crippen molar-refractivity contribution >= 4 is 5.97 Å². The fourth-order valence-electron chi connectivity index (χ4n) is 2.94. The molecular weight excluding hydrogens is 226 g/mol. The van der Waals surface area contributed by atoms with Crippen LogP contribution in [0.15, 0.2) is 30.3 Å². The minimum Gasteiger partial charge on any atom is -0.468 e. The molecule has 1 saturated heterocycles. The minimum atomic E-state index is -0.109. The zero-order chi connectivity index (χ0) is 13.1. The molecule has 1 heterocycles. The summed E-state index contributed by atoms with van der Waals surface area (Å²) in [5.74, 6) is -0.109. The van der Waals surface area contributed by atoms with E-state index in [-0.39, 0.29) is 18.1 Å². The van der Waals surface area contributed by atoms with Gasteiger partial charge < -0.3 is 4.74 Å². The van der Waals surface area contributed by atoms with Crippen LogP contribution in [0.2, 0.25) is 0 Å². The van der Waals surface area contributed by atoms with E-state index in [2.05, 4.69) is 30.9 Å². The van der Waals surface area contributed by atoms with Crippen LogP contribution in [0.25, 0.3) is 0 Å². The number of rotatable bonds is 3. The maximum absolute atomic E-state index is 11.8. The van der Waals surface area contributed by atoms with Crippen LogP contribution < -0.4 is 0 Å². The molecule has 2 rings (SSSR count). The smallest absolute Gasteiger partial charge is 0.323 e. The number of nitrogens with zero attached hydrogens (tertiary/aromatic N) is 1. The SMILES string of the molecule is COC(=O)[C@@H]1CC[C@H](C)N1[C@@H](C)c1ccccc1. The van der Waals surface area contributed by atoms with Crippen LogP contribution in [0.5, 0.6) is 0 Å². The van der Waals surface area contributed by atoms with Crippen LogP contribution in [0.4, 0.5) is 0 Å². The molecule has 0 spiro atoms. The number of benzene rings is 1. The van der Waals surface area contributed by atoms with Gasteiger partial charge in [-0.1, -0.05) is 30.3 Å². The Labute approximate surface area is 109 Å². The summed E-state index contributed by atoms with van der Waals surface area (Å²) in [4.78, 5) is 14.1. The molecule has 0 amide bonds. The van der Waals surface area contributed by atoms with Gasteiger partial charge in [0.25, 0.3) is 0 Å². The van der Waals surface area contributed by atoms with E-state index in [0.717, 1.165) is 12.8 Å². The van der Waals surface area contributed by atoms with Gasteiger partial charge in [-0.3, -0.25) is 9.69 Å². The van der Waals surface area contributed by atoms with Crippen molar-refractivity contribution in [1.29, 1.82) is 0 Å². The monoisotopic (exact) mass is 247 g/mol. The Bertz CT molecular complexity index is 404. The van der Waals surface area contributed by atoms with Gasteiger partial charge in [-0.15, -0.1) is 0 Å². The van der Waals surface area contributed by atoms with Gasteiger partial charge >= 0.3 is 5.97 Å². The highest BCUT2D eigenvalue weighted by Crippen LogP contribution is 2.33. The van der Waals surface area contributed by atoms with Crippen LogP contribution in [-0.4, -0.2) is 30.1 Å². The third kappa shape index (κ3) is 2.41. The number of carbonyl (C=O) groups excluding carboxylic acids is 1. The first-order valence-corrected chi connectivity index (χ1v) is 6.55. The second-order valence-electron chi connectivity index (χ2n) is 5.00. The van der Waals surface area contributed by atoms with Gasteiger partial charge in [-0.25, -0.2) is 0 Å². The van der Waals surface area contributed by atoms with E-state index in [4.69, 9.17) is 4.74 Å². The van der Waals surface area contributed by atoms with Crippen LogP contribution >= 0.6 is 0 Å². The Morgan fingerprint density at radius 2 is 2.00 bits per heavy atom. The highest BCUT2D eigenvalue weighted by atomic mass is 16.5. The molecule has 0 aliphatic carbocycles. The van der Waals surface area contributed by atoms with Crippen molar-refractivity contribution in [2.24, 2.45) is 0 Å². The topological polar surface area (TPSA) is 29.5 Å². The highest BCUT2D eigenvalue weighted by Gasteiger charge is 2.39. The summed E-state index contributed by atoms with van der Waals surface area (Å²) in [6, 6.07) is 10.9. The molecule has 1 fully saturated rings. The van der Waals surface area contributed by atoms with E-state index >= 15 is 0 Å². The Hall–Kier alpha value is -1.35. The normalized spacial score (nSPS) is 25.9. The second-order valence-corrected chi connectivity index (χ2v) is 5.00. The van der Waals surface area contributed by atoms with Gasteiger partial charge in [0.2, 0.25) is 0 Å². The van der Waals surface area contributed by atoms with Crippen molar-refractivity contribution in [2.45, 2.75) is 44.8 Å². The van der Waals surface area contributed by atoms with Crippen molar-refractivity contribution in [3.8, 4) is 0 Å². The average Bonchev–Trinajstić information content (AvgIpc) is 2.80. The summed E-state index contributed by atoms with van der Waals surface area (Å²) in [7, 11) is 1.47. The van der Waals surface area contributed by atoms with Gasteiger partial charge in [0.05, 0.1) is 7.11 Å². The molecular formula is C15H21NO2. The molecule has 1 aliphatic heterocycles. The molecule has 3 heteroatoms. The fraction of sp³-hybridized carbons (Fsp3) is 0.533. The lowest BCUT2D eigenvalue weighted by Gasteiger charge is -2.33. The predicted octanol–water partition coefficient (Wildman–Crippen LogP) is 2.77. The minimum absolute atomic E-state index is 0.0970. The summed E-state index contributed by atoms with van der Waals surface area (Å²) in [6.45, 7) is 4.34. The summed E-state index contributed by atoms with van der Waals surface area (Å²) in [6.07, 6.45) is 1.95. The third-order valence-electron chi connectivity index (χ3n) is 3.93. The fourth-order valence-corrected chi connectivity index (χ4v) is 2.94. The van der Waals surface area contributed by atoms with E-state index in [0.29, 0.717) is 6.04 Å². The average molecular weight is 247 g/mol. The quantitative estimate of drug-likeness (QED) is 0.769. The third-order valence-corrected chi connectivity index (χ3v) is 3.93. The first kappa shape index (κ1) is 13.1. The van der Waals surface area contributed by atoms with E-state index in [1.54, 1.807) is 0 Å². The number of hydrogen-bond donors (Lipinski definition) is 0. The first-order valence-electron chi connectivity index (χ1n) is 6.55. The molecule has 3 atom stereocenters. The largest absolute Gasteiger partial charge is 0.468 e. The van der Waals surface area contributed by atoms with Gasteiger partial charge in [0, 0.05) is 12.1 Å². The van der Waals surface area contributed by atoms with E-state index in [1.807, 2.05) is 18.2 Å². The molecule has 98 valence electrons. The second kappa shape index (κ2) is 5.53. The molecule has 18 heavy (non-hydrogen) atoms. The van der Waals surface area contributed by atoms with Gasteiger partial charge in [0.15, 0.2) is 0 Å². The van der Waals surface area contributed by atoms with Gasteiger partial charge in [0.1, 0.15) is 6.04 Å². The van der Waals surface area contributed by atoms with Crippen molar-refractivity contribution in [2.75, 3.05) is 7.11 Å². The molecule has 0 N–H and O–H groups in total. The standard InChI is InChI=1S/C15H21NO2/c1-11-9-10-14(15(17)18-3)16(11)12(2)13-7-5-4-6-8-13/h4-8,11-12,14H,9-10H2,1-3H3/t11-,12-,14-/m0/s1. The Balaban J connectivity index is 2.21. The maximum atomic E-state index is 11.8. The molecule has 1 aromatic carbocycles. The molecule has 0 saturated carbocycles. The Morgan fingerprint density at radius 3 is 2.61 bits per heavy atom. The lowest BCUT2D eigenvalue weighted by atomic mass is 10.1. The Morgan fingerprint density at radius 1 is 1.33 bits per heavy atom. The van der Waals surface area contributed by atoms with Crippen molar-refractivity contribution in [1.82, 2.24) is 4.90 Å². The number of hydrogen-bond acceptors (Lipinski definition) is 3. The van der Waals surface area contributed by atoms with Crippen molar-refractivity contribution in [3.05, 3.63) is 35.9 Å². The number of ether oxygens (including phenoxy) is 1. The van der Waals surface area contributed by atoms with Crippen molar-refractivity contribution < 1.29 is 9.53 Å². The number of carbonyl (C=O) groups is 1. The number of esters is 1. The number of methoxy groups -OCH3 is 1. The highest BCUT2D eigenvalue weighted by molar-refractivity contribution is 5.76. The van der Waals surface area contributed by atoms with E-state index in [1.165, 1.54) is 12.7 Å². The Kier molecular flexibility index (Phi) is 4.02. The number of likely N-dealkylation sites (tertiary alicyclic amines) is 1. The summed E-state index contributed by atoms with van der Waals surface area (Å²) in [5.41, 5.74) is 1.25. The van der Waals surface area contributed by atoms with Crippen LogP contribution in [0, 0.1) is 0 Å². The lowest BCUT2D eigenvalue weighted by molar-refractivity contribution is -0.147. The summed E-state index contributed by atoms with van der Waals surface area (Å²) < 4.78 is 4.92. The van der Waals surface area contributed by atoms with E-state index < -0.39 is 0 Å². The summed E-state index contributed by atoms with van der Waals surface area (Å²) >= 11 is 0. The molecule has 0 radical (unpaired) electrons. The van der Waals surface area contributed by atoms with E-state index in [9.17, 15) is 4.79 Å². The maximum Gasteiger partial charge on any atom is 0.323 e. The summed E-state index contributed by atoms with van der Waals surface area (Å²) in [5, 5.41) is 0. The first-order chi connectivity index (χ1) is 8.65. The molecule has 0 aromatic heterocycles. The molecule has 0 bridgehead atoms. The van der Waals surface area contributed by atoms with Crippen molar-refractivity contribution in [3.63, 3.8) is 0 Å². The molecule has 1 aromatic rings. The molecule has 3 nitrogen and oxygen atoms in total. The molecule has 1 aliphatic rings. The molecule has 0 unspecified atom stereocenters. The van der Waals surface area contributed by atoms with Crippen LogP contribution in [0.3, 0.4) is 0 Å². The van der Waals surface area contributed by atoms with Gasteiger partial charge in [-0.2, -0.15) is 0 Å².